The van der Waals surface area contributed by atoms with E-state index in [0.29, 0.717) is 36.3 Å². The Morgan fingerprint density at radius 2 is 1.87 bits per heavy atom. The number of amidine groups is 1. The zero-order valence-electron chi connectivity index (χ0n) is 17.6. The first-order valence-electron chi connectivity index (χ1n) is 10.0. The normalized spacial score (nSPS) is 23.8. The van der Waals surface area contributed by atoms with Crippen molar-refractivity contribution in [2.75, 3.05) is 29.6 Å². The molecule has 2 aliphatic rings. The Balaban J connectivity index is 2.07. The van der Waals surface area contributed by atoms with E-state index in [2.05, 4.69) is 20.9 Å². The molecule has 2 heterocycles. The fraction of sp³-hybridized carbons (Fsp3) is 0.600. The zero-order chi connectivity index (χ0) is 22.1. The van der Waals surface area contributed by atoms with Gasteiger partial charge in [0.15, 0.2) is 26.5 Å². The molecule has 0 aromatic heterocycles. The van der Waals surface area contributed by atoms with Gasteiger partial charge in [-0.15, -0.1) is 0 Å². The Labute approximate surface area is 190 Å². The summed E-state index contributed by atoms with van der Waals surface area (Å²) in [7, 11) is -3.14. The lowest BCUT2D eigenvalue weighted by molar-refractivity contribution is -0.118. The van der Waals surface area contributed by atoms with Crippen molar-refractivity contribution in [3.8, 4) is 11.5 Å². The Bertz CT molecular complexity index is 949. The van der Waals surface area contributed by atoms with Crippen molar-refractivity contribution >= 4 is 54.3 Å². The maximum atomic E-state index is 12.4. The van der Waals surface area contributed by atoms with Gasteiger partial charge in [-0.2, -0.15) is 4.99 Å². The number of thioether (sulfide) groups is 1. The summed E-state index contributed by atoms with van der Waals surface area (Å²) in [6.07, 6.45) is 0.347. The minimum Gasteiger partial charge on any atom is -0.490 e. The molecule has 2 fully saturated rings. The Morgan fingerprint density at radius 1 is 1.23 bits per heavy atom. The number of carbonyl (C=O) groups is 1. The number of rotatable bonds is 7. The van der Waals surface area contributed by atoms with E-state index in [1.165, 1.54) is 11.8 Å². The van der Waals surface area contributed by atoms with Crippen LogP contribution < -0.4 is 14.4 Å². The highest BCUT2D eigenvalue weighted by molar-refractivity contribution is 9.10. The van der Waals surface area contributed by atoms with Crippen LogP contribution in [0, 0.1) is 5.92 Å². The fourth-order valence-electron chi connectivity index (χ4n) is 3.59. The number of halogens is 1. The first-order valence-corrected chi connectivity index (χ1v) is 13.5. The summed E-state index contributed by atoms with van der Waals surface area (Å²) in [4.78, 5) is 18.7. The lowest BCUT2D eigenvalue weighted by atomic mass is 10.1. The van der Waals surface area contributed by atoms with E-state index in [1.807, 2.05) is 44.7 Å². The molecule has 166 valence electrons. The Hall–Kier alpha value is -1.26. The summed E-state index contributed by atoms with van der Waals surface area (Å²) in [5, 5.41) is 0.382. The maximum Gasteiger partial charge on any atom is 0.248 e. The quantitative estimate of drug-likeness (QED) is 0.540. The van der Waals surface area contributed by atoms with Crippen molar-refractivity contribution < 1.29 is 22.7 Å². The molecule has 0 unspecified atom stereocenters. The Morgan fingerprint density at radius 3 is 2.47 bits per heavy atom. The number of fused-ring (bicyclic) bond motifs is 1. The third kappa shape index (κ3) is 5.13. The number of aliphatic imine (C=N–C) groups is 1. The van der Waals surface area contributed by atoms with Crippen LogP contribution in [0.25, 0.3) is 0 Å². The van der Waals surface area contributed by atoms with Gasteiger partial charge < -0.3 is 14.4 Å². The number of sulfone groups is 1. The molecule has 0 radical (unpaired) electrons. The largest absolute Gasteiger partial charge is 0.490 e. The molecule has 2 saturated heterocycles. The summed E-state index contributed by atoms with van der Waals surface area (Å²) in [6, 6.07) is 3.36. The number of carbonyl (C=O) groups excluding carboxylic acids is 1. The fourth-order valence-corrected chi connectivity index (χ4v) is 8.03. The van der Waals surface area contributed by atoms with Crippen LogP contribution in [-0.4, -0.2) is 55.5 Å². The highest BCUT2D eigenvalue weighted by Crippen LogP contribution is 2.46. The third-order valence-corrected chi connectivity index (χ3v) is 8.59. The molecule has 2 atom stereocenters. The Kier molecular flexibility index (Phi) is 7.40. The second-order valence-electron chi connectivity index (χ2n) is 7.67. The lowest BCUT2D eigenvalue weighted by Gasteiger charge is -2.27. The van der Waals surface area contributed by atoms with Crippen LogP contribution in [-0.2, 0) is 14.6 Å². The van der Waals surface area contributed by atoms with Crippen molar-refractivity contribution in [3.05, 3.63) is 16.6 Å². The van der Waals surface area contributed by atoms with Gasteiger partial charge in [-0.05, 0) is 35.7 Å². The highest BCUT2D eigenvalue weighted by Gasteiger charge is 2.50. The number of hydrogen-bond acceptors (Lipinski definition) is 6. The molecule has 0 aliphatic carbocycles. The molecule has 1 amide bonds. The van der Waals surface area contributed by atoms with Gasteiger partial charge in [0, 0.05) is 28.3 Å². The molecule has 0 saturated carbocycles. The first kappa shape index (κ1) is 23.4. The maximum absolute atomic E-state index is 12.4. The average molecular weight is 519 g/mol. The van der Waals surface area contributed by atoms with Crippen LogP contribution in [0.3, 0.4) is 0 Å². The summed E-state index contributed by atoms with van der Waals surface area (Å²) in [5.74, 6) is 1.29. The molecule has 3 rings (SSSR count). The molecule has 0 N–H and O–H groups in total. The van der Waals surface area contributed by atoms with Gasteiger partial charge in [-0.1, -0.05) is 25.6 Å². The average Bonchev–Trinajstić information content (AvgIpc) is 3.08. The van der Waals surface area contributed by atoms with Gasteiger partial charge in [0.05, 0.1) is 36.4 Å². The second-order valence-corrected chi connectivity index (χ2v) is 11.9. The number of ether oxygens (including phenoxy) is 2. The SMILES string of the molecule is CCOc1cc(Br)c(N2C(=NC(=O)CC(C)C)S[C@@H]3CS(=O)(=O)C[C@@H]32)cc1OCC. The van der Waals surface area contributed by atoms with Crippen LogP contribution >= 0.6 is 27.7 Å². The molecule has 7 nitrogen and oxygen atoms in total. The topological polar surface area (TPSA) is 85.3 Å². The van der Waals surface area contributed by atoms with E-state index in [9.17, 15) is 13.2 Å². The molecule has 0 spiro atoms. The van der Waals surface area contributed by atoms with Crippen LogP contribution in [0.1, 0.15) is 34.1 Å². The van der Waals surface area contributed by atoms with Crippen LogP contribution in [0.4, 0.5) is 5.69 Å². The molecule has 0 bridgehead atoms. The summed E-state index contributed by atoms with van der Waals surface area (Å²) < 4.78 is 36.7. The van der Waals surface area contributed by atoms with E-state index in [-0.39, 0.29) is 34.6 Å². The van der Waals surface area contributed by atoms with E-state index in [0.717, 1.165) is 10.2 Å². The van der Waals surface area contributed by atoms with Crippen molar-refractivity contribution in [2.24, 2.45) is 10.9 Å². The van der Waals surface area contributed by atoms with Gasteiger partial charge >= 0.3 is 0 Å². The standard InChI is InChI=1S/C20H27BrN2O5S2/c1-5-27-16-8-13(21)14(9-17(16)28-6-2)23-15-10-30(25,26)11-18(15)29-20(23)22-19(24)7-12(3)4/h8-9,12,15,18H,5-7,10-11H2,1-4H3/t15-,18+/m0/s1. The molecule has 2 aliphatic heterocycles. The van der Waals surface area contributed by atoms with Gasteiger partial charge in [0.2, 0.25) is 5.91 Å². The molecule has 1 aromatic rings. The molecule has 30 heavy (non-hydrogen) atoms. The van der Waals surface area contributed by atoms with Crippen LogP contribution in [0.15, 0.2) is 21.6 Å². The molecule has 1 aromatic carbocycles. The van der Waals surface area contributed by atoms with Crippen molar-refractivity contribution in [3.63, 3.8) is 0 Å². The summed E-state index contributed by atoms with van der Waals surface area (Å²) in [6.45, 7) is 8.68. The number of hydrogen-bond donors (Lipinski definition) is 0. The number of amides is 1. The van der Waals surface area contributed by atoms with Crippen molar-refractivity contribution in [2.45, 2.75) is 45.4 Å². The van der Waals surface area contributed by atoms with Gasteiger partial charge in [0.25, 0.3) is 0 Å². The highest BCUT2D eigenvalue weighted by atomic mass is 79.9. The first-order chi connectivity index (χ1) is 14.1. The van der Waals surface area contributed by atoms with E-state index < -0.39 is 9.84 Å². The third-order valence-electron chi connectivity index (χ3n) is 4.74. The predicted molar refractivity (Wildman–Crippen MR) is 125 cm³/mol. The zero-order valence-corrected chi connectivity index (χ0v) is 20.8. The molecular weight excluding hydrogens is 492 g/mol. The van der Waals surface area contributed by atoms with Gasteiger partial charge in [-0.3, -0.25) is 4.79 Å². The van der Waals surface area contributed by atoms with Gasteiger partial charge in [-0.25, -0.2) is 8.42 Å². The van der Waals surface area contributed by atoms with Crippen LogP contribution in [0.5, 0.6) is 11.5 Å². The lowest BCUT2D eigenvalue weighted by Crippen LogP contribution is -2.38. The molecule has 10 heteroatoms. The smallest absolute Gasteiger partial charge is 0.248 e. The van der Waals surface area contributed by atoms with Gasteiger partial charge in [0.1, 0.15) is 0 Å². The minimum atomic E-state index is -3.14. The number of benzene rings is 1. The monoisotopic (exact) mass is 518 g/mol. The predicted octanol–water partition coefficient (Wildman–Crippen LogP) is 3.89. The van der Waals surface area contributed by atoms with Crippen molar-refractivity contribution in [1.29, 1.82) is 0 Å². The minimum absolute atomic E-state index is 0.0334. The van der Waals surface area contributed by atoms with Crippen LogP contribution in [0.2, 0.25) is 0 Å². The number of nitrogens with zero attached hydrogens (tertiary/aromatic N) is 2. The van der Waals surface area contributed by atoms with Crippen molar-refractivity contribution in [1.82, 2.24) is 0 Å². The summed E-state index contributed by atoms with van der Waals surface area (Å²) in [5.41, 5.74) is 0.718. The van der Waals surface area contributed by atoms with E-state index in [4.69, 9.17) is 9.47 Å². The molecular formula is C20H27BrN2O5S2. The second kappa shape index (κ2) is 9.48. The summed E-state index contributed by atoms with van der Waals surface area (Å²) >= 11 is 4.96. The van der Waals surface area contributed by atoms with E-state index in [1.54, 1.807) is 0 Å². The van der Waals surface area contributed by atoms with E-state index >= 15 is 0 Å². The number of anilines is 1.